The Hall–Kier alpha value is -0.220. The van der Waals surface area contributed by atoms with E-state index in [-0.39, 0.29) is 12.3 Å². The van der Waals surface area contributed by atoms with E-state index in [1.165, 1.54) is 0 Å². The van der Waals surface area contributed by atoms with Gasteiger partial charge < -0.3 is 10.2 Å². The summed E-state index contributed by atoms with van der Waals surface area (Å²) in [6.07, 6.45) is 1.33. The summed E-state index contributed by atoms with van der Waals surface area (Å²) in [5.74, 6) is 1.35. The Morgan fingerprint density at radius 2 is 2.42 bits per heavy atom. The molecule has 1 aliphatic rings. The standard InChI is InChI=1S/C8H14O3S/c9-7(4-8(10)11)6-2-1-3-12-5-6/h6-7,9H,1-5H2,(H,10,11)/t6?,7-/m0/s1. The molecule has 0 amide bonds. The summed E-state index contributed by atoms with van der Waals surface area (Å²) in [4.78, 5) is 10.3. The molecule has 1 rings (SSSR count). The van der Waals surface area contributed by atoms with Crippen molar-refractivity contribution in [1.29, 1.82) is 0 Å². The van der Waals surface area contributed by atoms with Crippen molar-refractivity contribution < 1.29 is 15.0 Å². The van der Waals surface area contributed by atoms with Crippen LogP contribution in [0.3, 0.4) is 0 Å². The number of carboxylic acids is 1. The first-order valence-corrected chi connectivity index (χ1v) is 5.33. The number of thioether (sulfide) groups is 1. The summed E-state index contributed by atoms with van der Waals surface area (Å²) in [5.41, 5.74) is 0. The molecule has 2 N–H and O–H groups in total. The predicted molar refractivity (Wildman–Crippen MR) is 48.3 cm³/mol. The number of hydrogen-bond donors (Lipinski definition) is 2. The van der Waals surface area contributed by atoms with Crippen LogP contribution in [-0.4, -0.2) is 33.8 Å². The molecular formula is C8H14O3S. The second-order valence-electron chi connectivity index (χ2n) is 3.14. The molecule has 0 bridgehead atoms. The van der Waals surface area contributed by atoms with Crippen LogP contribution >= 0.6 is 11.8 Å². The normalized spacial score (nSPS) is 26.6. The fourth-order valence-electron chi connectivity index (χ4n) is 1.41. The fraction of sp³-hybridized carbons (Fsp3) is 0.875. The van der Waals surface area contributed by atoms with Crippen LogP contribution in [-0.2, 0) is 4.79 Å². The van der Waals surface area contributed by atoms with Crippen molar-refractivity contribution >= 4 is 17.7 Å². The van der Waals surface area contributed by atoms with E-state index < -0.39 is 12.1 Å². The van der Waals surface area contributed by atoms with Crippen molar-refractivity contribution in [3.8, 4) is 0 Å². The lowest BCUT2D eigenvalue weighted by atomic mass is 9.96. The predicted octanol–water partition coefficient (Wildman–Crippen LogP) is 0.965. The number of rotatable bonds is 3. The number of aliphatic carboxylic acids is 1. The van der Waals surface area contributed by atoms with Crippen molar-refractivity contribution in [2.75, 3.05) is 11.5 Å². The number of hydrogen-bond acceptors (Lipinski definition) is 3. The lowest BCUT2D eigenvalue weighted by Gasteiger charge is -2.24. The maximum absolute atomic E-state index is 10.3. The third kappa shape index (κ3) is 3.03. The summed E-state index contributed by atoms with van der Waals surface area (Å²) in [6.45, 7) is 0. The van der Waals surface area contributed by atoms with Gasteiger partial charge in [0.1, 0.15) is 0 Å². The summed E-state index contributed by atoms with van der Waals surface area (Å²) in [5, 5.41) is 17.9. The summed E-state index contributed by atoms with van der Waals surface area (Å²) in [7, 11) is 0. The summed E-state index contributed by atoms with van der Waals surface area (Å²) >= 11 is 1.81. The van der Waals surface area contributed by atoms with Crippen LogP contribution in [0.25, 0.3) is 0 Å². The van der Waals surface area contributed by atoms with Gasteiger partial charge in [0, 0.05) is 0 Å². The van der Waals surface area contributed by atoms with Gasteiger partial charge in [-0.05, 0) is 30.3 Å². The second kappa shape index (κ2) is 4.72. The monoisotopic (exact) mass is 190 g/mol. The number of aliphatic hydroxyl groups excluding tert-OH is 1. The van der Waals surface area contributed by atoms with Crippen LogP contribution in [0.5, 0.6) is 0 Å². The number of carboxylic acid groups (broad SMARTS) is 1. The maximum atomic E-state index is 10.3. The van der Waals surface area contributed by atoms with Gasteiger partial charge in [-0.3, -0.25) is 4.79 Å². The Morgan fingerprint density at radius 3 is 2.92 bits per heavy atom. The molecule has 1 fully saturated rings. The van der Waals surface area contributed by atoms with E-state index in [9.17, 15) is 9.90 Å². The van der Waals surface area contributed by atoms with Gasteiger partial charge in [-0.25, -0.2) is 0 Å². The van der Waals surface area contributed by atoms with Crippen molar-refractivity contribution in [3.05, 3.63) is 0 Å². The maximum Gasteiger partial charge on any atom is 0.305 e. The van der Waals surface area contributed by atoms with Crippen LogP contribution in [0.4, 0.5) is 0 Å². The van der Waals surface area contributed by atoms with E-state index in [1.807, 2.05) is 0 Å². The lowest BCUT2D eigenvalue weighted by Crippen LogP contribution is -2.27. The Bertz CT molecular complexity index is 154. The highest BCUT2D eigenvalue weighted by Crippen LogP contribution is 2.26. The quantitative estimate of drug-likeness (QED) is 0.696. The Labute approximate surface area is 76.2 Å². The summed E-state index contributed by atoms with van der Waals surface area (Å²) < 4.78 is 0. The molecule has 1 unspecified atom stereocenters. The zero-order chi connectivity index (χ0) is 8.97. The molecule has 3 nitrogen and oxygen atoms in total. The van der Waals surface area contributed by atoms with E-state index in [0.29, 0.717) is 0 Å². The van der Waals surface area contributed by atoms with E-state index in [4.69, 9.17) is 5.11 Å². The highest BCUT2D eigenvalue weighted by Gasteiger charge is 2.23. The minimum absolute atomic E-state index is 0.106. The molecule has 0 aromatic heterocycles. The molecule has 12 heavy (non-hydrogen) atoms. The van der Waals surface area contributed by atoms with E-state index in [2.05, 4.69) is 0 Å². The van der Waals surface area contributed by atoms with Crippen molar-refractivity contribution in [3.63, 3.8) is 0 Å². The minimum Gasteiger partial charge on any atom is -0.481 e. The van der Waals surface area contributed by atoms with Crippen molar-refractivity contribution in [1.82, 2.24) is 0 Å². The second-order valence-corrected chi connectivity index (χ2v) is 4.29. The molecule has 0 radical (unpaired) electrons. The largest absolute Gasteiger partial charge is 0.481 e. The third-order valence-corrected chi connectivity index (χ3v) is 3.36. The van der Waals surface area contributed by atoms with Gasteiger partial charge in [-0.15, -0.1) is 0 Å². The molecule has 1 aliphatic heterocycles. The van der Waals surface area contributed by atoms with E-state index in [0.717, 1.165) is 24.3 Å². The fourth-order valence-corrected chi connectivity index (χ4v) is 2.64. The molecule has 0 spiro atoms. The highest BCUT2D eigenvalue weighted by atomic mass is 32.2. The van der Waals surface area contributed by atoms with Crippen LogP contribution < -0.4 is 0 Å². The lowest BCUT2D eigenvalue weighted by molar-refractivity contribution is -0.139. The van der Waals surface area contributed by atoms with Gasteiger partial charge in [0.05, 0.1) is 12.5 Å². The van der Waals surface area contributed by atoms with Gasteiger partial charge in [-0.2, -0.15) is 11.8 Å². The Balaban J connectivity index is 2.29. The molecule has 2 atom stereocenters. The number of carbonyl (C=O) groups is 1. The first-order valence-electron chi connectivity index (χ1n) is 4.17. The average molecular weight is 190 g/mol. The zero-order valence-electron chi connectivity index (χ0n) is 6.90. The molecule has 1 heterocycles. The Kier molecular flexibility index (Phi) is 3.88. The molecule has 0 aromatic rings. The molecule has 0 aromatic carbocycles. The third-order valence-electron chi connectivity index (χ3n) is 2.12. The highest BCUT2D eigenvalue weighted by molar-refractivity contribution is 7.99. The first-order chi connectivity index (χ1) is 5.70. The molecule has 4 heteroatoms. The van der Waals surface area contributed by atoms with Crippen LogP contribution in [0.15, 0.2) is 0 Å². The molecule has 0 aliphatic carbocycles. The van der Waals surface area contributed by atoms with Crippen LogP contribution in [0.1, 0.15) is 19.3 Å². The average Bonchev–Trinajstić information content (AvgIpc) is 2.05. The zero-order valence-corrected chi connectivity index (χ0v) is 7.72. The SMILES string of the molecule is O=C(O)C[C@H](O)C1CCCSC1. The van der Waals surface area contributed by atoms with Crippen LogP contribution in [0, 0.1) is 5.92 Å². The molecule has 70 valence electrons. The van der Waals surface area contributed by atoms with Crippen molar-refractivity contribution in [2.24, 2.45) is 5.92 Å². The van der Waals surface area contributed by atoms with E-state index >= 15 is 0 Å². The smallest absolute Gasteiger partial charge is 0.305 e. The molecular weight excluding hydrogens is 176 g/mol. The Morgan fingerprint density at radius 1 is 1.67 bits per heavy atom. The van der Waals surface area contributed by atoms with Gasteiger partial charge >= 0.3 is 5.97 Å². The molecule has 1 saturated heterocycles. The van der Waals surface area contributed by atoms with Crippen LogP contribution in [0.2, 0.25) is 0 Å². The van der Waals surface area contributed by atoms with Gasteiger partial charge in [0.2, 0.25) is 0 Å². The van der Waals surface area contributed by atoms with Gasteiger partial charge in [0.25, 0.3) is 0 Å². The summed E-state index contributed by atoms with van der Waals surface area (Å²) in [6, 6.07) is 0. The van der Waals surface area contributed by atoms with E-state index in [1.54, 1.807) is 11.8 Å². The first kappa shape index (κ1) is 9.86. The van der Waals surface area contributed by atoms with Crippen molar-refractivity contribution in [2.45, 2.75) is 25.4 Å². The molecule has 0 saturated carbocycles. The van der Waals surface area contributed by atoms with Gasteiger partial charge in [0.15, 0.2) is 0 Å². The number of aliphatic hydroxyl groups is 1. The topological polar surface area (TPSA) is 57.5 Å². The van der Waals surface area contributed by atoms with Gasteiger partial charge in [-0.1, -0.05) is 0 Å². The minimum atomic E-state index is -0.905.